The largest absolute Gasteiger partial charge is 0.483 e. The summed E-state index contributed by atoms with van der Waals surface area (Å²) in [6.45, 7) is 6.61. The normalized spacial score (nSPS) is 16.0. The Labute approximate surface area is 186 Å². The van der Waals surface area contributed by atoms with Gasteiger partial charge in [0, 0.05) is 10.3 Å². The van der Waals surface area contributed by atoms with Gasteiger partial charge in [0.05, 0.1) is 5.56 Å². The van der Waals surface area contributed by atoms with Gasteiger partial charge in [-0.25, -0.2) is 0 Å². The van der Waals surface area contributed by atoms with Gasteiger partial charge in [-0.3, -0.25) is 9.59 Å². The molecule has 3 N–H and O–H groups in total. The topological polar surface area (TPSA) is 81.4 Å². The SMILES string of the molecule is CC(C)(C)[C@@H]1CCc2c(sc(NC(=O)COc3cccc4ccccc34)c2C(N)=O)C1. The first-order valence-corrected chi connectivity index (χ1v) is 11.4. The summed E-state index contributed by atoms with van der Waals surface area (Å²) < 4.78 is 5.79. The average molecular weight is 437 g/mol. The third-order valence-electron chi connectivity index (χ3n) is 6.10. The van der Waals surface area contributed by atoms with Crippen LogP contribution in [0.2, 0.25) is 0 Å². The minimum absolute atomic E-state index is 0.139. The van der Waals surface area contributed by atoms with Crippen LogP contribution < -0.4 is 15.8 Å². The molecule has 4 rings (SSSR count). The number of anilines is 1. The second kappa shape index (κ2) is 8.35. The fraction of sp³-hybridized carbons (Fsp3) is 0.360. The van der Waals surface area contributed by atoms with Crippen molar-refractivity contribution in [3.05, 3.63) is 58.5 Å². The van der Waals surface area contributed by atoms with E-state index in [0.717, 1.165) is 40.5 Å². The van der Waals surface area contributed by atoms with Crippen LogP contribution in [0.25, 0.3) is 10.8 Å². The zero-order valence-electron chi connectivity index (χ0n) is 18.2. The van der Waals surface area contributed by atoms with Crippen LogP contribution >= 0.6 is 11.3 Å². The minimum atomic E-state index is -0.489. The summed E-state index contributed by atoms with van der Waals surface area (Å²) in [6, 6.07) is 13.6. The molecule has 0 radical (unpaired) electrons. The van der Waals surface area contributed by atoms with Gasteiger partial charge in [-0.2, -0.15) is 0 Å². The molecular weight excluding hydrogens is 408 g/mol. The van der Waals surface area contributed by atoms with Crippen molar-refractivity contribution in [2.45, 2.75) is 40.0 Å². The van der Waals surface area contributed by atoms with Gasteiger partial charge >= 0.3 is 0 Å². The van der Waals surface area contributed by atoms with E-state index in [0.29, 0.717) is 22.2 Å². The smallest absolute Gasteiger partial charge is 0.262 e. The van der Waals surface area contributed by atoms with E-state index in [4.69, 9.17) is 10.5 Å². The predicted molar refractivity (Wildman–Crippen MR) is 126 cm³/mol. The van der Waals surface area contributed by atoms with E-state index in [1.807, 2.05) is 42.5 Å². The summed E-state index contributed by atoms with van der Waals surface area (Å²) in [5, 5.41) is 5.42. The number of rotatable bonds is 5. The molecule has 5 nitrogen and oxygen atoms in total. The second-order valence-electron chi connectivity index (χ2n) is 9.19. The zero-order valence-corrected chi connectivity index (χ0v) is 19.0. The van der Waals surface area contributed by atoms with Crippen LogP contribution in [-0.4, -0.2) is 18.4 Å². The maximum Gasteiger partial charge on any atom is 0.262 e. The number of thiophene rings is 1. The zero-order chi connectivity index (χ0) is 22.2. The molecule has 1 aliphatic rings. The number of hydrogen-bond donors (Lipinski definition) is 2. The molecule has 2 amide bonds. The number of benzene rings is 2. The van der Waals surface area contributed by atoms with Gasteiger partial charge in [-0.15, -0.1) is 11.3 Å². The van der Waals surface area contributed by atoms with Crippen LogP contribution in [0, 0.1) is 11.3 Å². The molecule has 162 valence electrons. The first-order chi connectivity index (χ1) is 14.7. The van der Waals surface area contributed by atoms with E-state index < -0.39 is 5.91 Å². The van der Waals surface area contributed by atoms with E-state index in [-0.39, 0.29) is 17.9 Å². The molecule has 0 unspecified atom stereocenters. The Kier molecular flexibility index (Phi) is 5.75. The number of primary amides is 1. The van der Waals surface area contributed by atoms with E-state index in [1.165, 1.54) is 11.3 Å². The Morgan fingerprint density at radius 1 is 1.16 bits per heavy atom. The first-order valence-electron chi connectivity index (χ1n) is 10.6. The molecule has 31 heavy (non-hydrogen) atoms. The summed E-state index contributed by atoms with van der Waals surface area (Å²) in [7, 11) is 0. The molecule has 0 bridgehead atoms. The number of hydrogen-bond acceptors (Lipinski definition) is 4. The highest BCUT2D eigenvalue weighted by atomic mass is 32.1. The van der Waals surface area contributed by atoms with Crippen molar-refractivity contribution in [1.82, 2.24) is 0 Å². The second-order valence-corrected chi connectivity index (χ2v) is 10.3. The van der Waals surface area contributed by atoms with Crippen LogP contribution in [0.5, 0.6) is 5.75 Å². The average Bonchev–Trinajstić information content (AvgIpc) is 3.08. The predicted octanol–water partition coefficient (Wildman–Crippen LogP) is 5.17. The molecular formula is C25H28N2O3S. The molecule has 1 aromatic heterocycles. The number of nitrogens with two attached hydrogens (primary N) is 1. The van der Waals surface area contributed by atoms with Gasteiger partial charge in [0.2, 0.25) is 0 Å². The van der Waals surface area contributed by atoms with Gasteiger partial charge in [-0.05, 0) is 47.6 Å². The monoisotopic (exact) mass is 436 g/mol. The molecule has 1 aliphatic carbocycles. The van der Waals surface area contributed by atoms with Gasteiger partial charge < -0.3 is 15.8 Å². The fourth-order valence-electron chi connectivity index (χ4n) is 4.30. The number of ether oxygens (including phenoxy) is 1. The molecule has 2 aromatic carbocycles. The fourth-order valence-corrected chi connectivity index (χ4v) is 5.65. The standard InChI is InChI=1S/C25H28N2O3S/c1-25(2,3)16-11-12-18-20(13-16)31-24(22(18)23(26)29)27-21(28)14-30-19-10-6-8-15-7-4-5-9-17(15)19/h4-10,16H,11-14H2,1-3H3,(H2,26,29)(H,27,28)/t16-/m1/s1. The Bertz CT molecular complexity index is 1140. The van der Waals surface area contributed by atoms with Crippen molar-refractivity contribution in [2.75, 3.05) is 11.9 Å². The molecule has 0 saturated carbocycles. The maximum absolute atomic E-state index is 12.7. The number of fused-ring (bicyclic) bond motifs is 2. The molecule has 0 fully saturated rings. The third kappa shape index (κ3) is 4.44. The van der Waals surface area contributed by atoms with Gasteiger partial charge in [-0.1, -0.05) is 57.2 Å². The van der Waals surface area contributed by atoms with Crippen LogP contribution in [-0.2, 0) is 17.6 Å². The van der Waals surface area contributed by atoms with Crippen molar-refractivity contribution in [2.24, 2.45) is 17.1 Å². The Balaban J connectivity index is 1.50. The lowest BCUT2D eigenvalue weighted by molar-refractivity contribution is -0.118. The van der Waals surface area contributed by atoms with Crippen molar-refractivity contribution >= 4 is 38.9 Å². The Morgan fingerprint density at radius 3 is 2.65 bits per heavy atom. The van der Waals surface area contributed by atoms with Gasteiger partial charge in [0.25, 0.3) is 11.8 Å². The summed E-state index contributed by atoms with van der Waals surface area (Å²) in [5.74, 6) is 0.401. The highest BCUT2D eigenvalue weighted by Crippen LogP contribution is 2.44. The highest BCUT2D eigenvalue weighted by molar-refractivity contribution is 7.17. The summed E-state index contributed by atoms with van der Waals surface area (Å²) in [4.78, 5) is 26.0. The first kappa shape index (κ1) is 21.4. The van der Waals surface area contributed by atoms with Crippen molar-refractivity contribution in [3.8, 4) is 5.75 Å². The van der Waals surface area contributed by atoms with E-state index in [1.54, 1.807) is 0 Å². The molecule has 1 heterocycles. The molecule has 1 atom stereocenters. The van der Waals surface area contributed by atoms with Crippen molar-refractivity contribution < 1.29 is 14.3 Å². The van der Waals surface area contributed by atoms with Gasteiger partial charge in [0.1, 0.15) is 10.8 Å². The lowest BCUT2D eigenvalue weighted by atomic mass is 9.72. The minimum Gasteiger partial charge on any atom is -0.483 e. The number of nitrogens with one attached hydrogen (secondary N) is 1. The van der Waals surface area contributed by atoms with Gasteiger partial charge in [0.15, 0.2) is 6.61 Å². The van der Waals surface area contributed by atoms with E-state index in [2.05, 4.69) is 26.1 Å². The lowest BCUT2D eigenvalue weighted by Gasteiger charge is -2.33. The Hall–Kier alpha value is -2.86. The summed E-state index contributed by atoms with van der Waals surface area (Å²) in [5.41, 5.74) is 7.36. The Morgan fingerprint density at radius 2 is 1.90 bits per heavy atom. The van der Waals surface area contributed by atoms with Crippen molar-refractivity contribution in [3.63, 3.8) is 0 Å². The third-order valence-corrected chi connectivity index (χ3v) is 7.27. The van der Waals surface area contributed by atoms with Crippen LogP contribution in [0.15, 0.2) is 42.5 Å². The highest BCUT2D eigenvalue weighted by Gasteiger charge is 2.33. The molecule has 0 saturated heterocycles. The van der Waals surface area contributed by atoms with E-state index >= 15 is 0 Å². The van der Waals surface area contributed by atoms with Crippen molar-refractivity contribution in [1.29, 1.82) is 0 Å². The molecule has 3 aromatic rings. The van der Waals surface area contributed by atoms with E-state index in [9.17, 15) is 9.59 Å². The van der Waals surface area contributed by atoms with Crippen LogP contribution in [0.1, 0.15) is 48.0 Å². The molecule has 6 heteroatoms. The molecule has 0 spiro atoms. The van der Waals surface area contributed by atoms with Crippen LogP contribution in [0.3, 0.4) is 0 Å². The quantitative estimate of drug-likeness (QED) is 0.579. The summed E-state index contributed by atoms with van der Waals surface area (Å²) >= 11 is 1.47. The molecule has 0 aliphatic heterocycles. The summed E-state index contributed by atoms with van der Waals surface area (Å²) in [6.07, 6.45) is 2.74. The lowest BCUT2D eigenvalue weighted by Crippen LogP contribution is -2.27. The number of amides is 2. The number of carbonyl (C=O) groups excluding carboxylic acids is 2. The maximum atomic E-state index is 12.7. The number of carbonyl (C=O) groups is 2. The van der Waals surface area contributed by atoms with Crippen LogP contribution in [0.4, 0.5) is 5.00 Å².